The van der Waals surface area contributed by atoms with Crippen molar-refractivity contribution in [3.05, 3.63) is 41.7 Å². The van der Waals surface area contributed by atoms with Crippen molar-refractivity contribution < 1.29 is 9.47 Å². The molecule has 1 unspecified atom stereocenters. The summed E-state index contributed by atoms with van der Waals surface area (Å²) in [6, 6.07) is 4.92. The summed E-state index contributed by atoms with van der Waals surface area (Å²) in [7, 11) is 2.16. The first-order valence-electron chi connectivity index (χ1n) is 8.17. The molecule has 0 radical (unpaired) electrons. The van der Waals surface area contributed by atoms with Crippen LogP contribution in [0, 0.1) is 0 Å². The third kappa shape index (κ3) is 3.24. The van der Waals surface area contributed by atoms with Crippen molar-refractivity contribution in [3.8, 4) is 0 Å². The quantitative estimate of drug-likeness (QED) is 0.757. The topological polar surface area (TPSA) is 34.6 Å². The number of aromatic nitrogens is 1. The van der Waals surface area contributed by atoms with Gasteiger partial charge in [-0.15, -0.1) is 6.58 Å². The van der Waals surface area contributed by atoms with Gasteiger partial charge < -0.3 is 9.47 Å². The molecule has 1 aromatic rings. The van der Waals surface area contributed by atoms with Crippen LogP contribution in [0.2, 0.25) is 0 Å². The van der Waals surface area contributed by atoms with Crippen molar-refractivity contribution >= 4 is 0 Å². The lowest BCUT2D eigenvalue weighted by molar-refractivity contribution is -0.0590. The first-order valence-corrected chi connectivity index (χ1v) is 8.17. The Hall–Kier alpha value is -1.23. The average molecular weight is 302 g/mol. The Morgan fingerprint density at radius 1 is 1.36 bits per heavy atom. The van der Waals surface area contributed by atoms with E-state index in [4.69, 9.17) is 14.5 Å². The fourth-order valence-electron chi connectivity index (χ4n) is 3.02. The SMILES string of the molecule is C=CC(C)c1ccc([C@@H]2CCOC2)c(CN(C)C2COC2)n1. The predicted octanol–water partition coefficient (Wildman–Crippen LogP) is 2.71. The van der Waals surface area contributed by atoms with E-state index in [0.29, 0.717) is 12.0 Å². The zero-order chi connectivity index (χ0) is 15.5. The molecule has 4 heteroatoms. The van der Waals surface area contributed by atoms with Gasteiger partial charge in [0.1, 0.15) is 0 Å². The number of allylic oxidation sites excluding steroid dienone is 1. The lowest BCUT2D eigenvalue weighted by atomic mass is 9.94. The molecule has 2 atom stereocenters. The number of hydrogen-bond acceptors (Lipinski definition) is 4. The van der Waals surface area contributed by atoms with Crippen LogP contribution in [0.4, 0.5) is 0 Å². The van der Waals surface area contributed by atoms with E-state index in [9.17, 15) is 0 Å². The van der Waals surface area contributed by atoms with Crippen LogP contribution >= 0.6 is 0 Å². The lowest BCUT2D eigenvalue weighted by Crippen LogP contribution is -2.46. The fraction of sp³-hybridized carbons (Fsp3) is 0.611. The van der Waals surface area contributed by atoms with Crippen molar-refractivity contribution in [2.24, 2.45) is 0 Å². The number of likely N-dealkylation sites (N-methyl/N-ethyl adjacent to an activating group) is 1. The van der Waals surface area contributed by atoms with Gasteiger partial charge in [-0.1, -0.05) is 19.1 Å². The van der Waals surface area contributed by atoms with Crippen LogP contribution in [0.15, 0.2) is 24.8 Å². The monoisotopic (exact) mass is 302 g/mol. The van der Waals surface area contributed by atoms with Gasteiger partial charge in [0.2, 0.25) is 0 Å². The van der Waals surface area contributed by atoms with Gasteiger partial charge in [-0.05, 0) is 25.1 Å². The Morgan fingerprint density at radius 2 is 2.18 bits per heavy atom. The molecule has 2 fully saturated rings. The van der Waals surface area contributed by atoms with Gasteiger partial charge in [-0.2, -0.15) is 0 Å². The molecule has 2 saturated heterocycles. The summed E-state index contributed by atoms with van der Waals surface area (Å²) in [5.74, 6) is 0.770. The molecular formula is C18H26N2O2. The number of nitrogens with zero attached hydrogens (tertiary/aromatic N) is 2. The summed E-state index contributed by atoms with van der Waals surface area (Å²) in [5.41, 5.74) is 3.65. The second-order valence-corrected chi connectivity index (χ2v) is 6.46. The zero-order valence-corrected chi connectivity index (χ0v) is 13.6. The molecule has 0 N–H and O–H groups in total. The van der Waals surface area contributed by atoms with Gasteiger partial charge in [0.15, 0.2) is 0 Å². The normalized spacial score (nSPS) is 23.5. The van der Waals surface area contributed by atoms with E-state index in [-0.39, 0.29) is 5.92 Å². The van der Waals surface area contributed by atoms with Crippen LogP contribution < -0.4 is 0 Å². The maximum Gasteiger partial charge on any atom is 0.0645 e. The van der Waals surface area contributed by atoms with Gasteiger partial charge in [-0.25, -0.2) is 0 Å². The van der Waals surface area contributed by atoms with Crippen LogP contribution in [-0.2, 0) is 16.0 Å². The van der Waals surface area contributed by atoms with Crippen LogP contribution in [0.25, 0.3) is 0 Å². The minimum Gasteiger partial charge on any atom is -0.381 e. The van der Waals surface area contributed by atoms with Crippen molar-refractivity contribution in [1.29, 1.82) is 0 Å². The van der Waals surface area contributed by atoms with E-state index in [1.54, 1.807) is 0 Å². The molecule has 1 aromatic heterocycles. The molecule has 120 valence electrons. The molecule has 0 spiro atoms. The minimum atomic E-state index is 0.282. The molecular weight excluding hydrogens is 276 g/mol. The van der Waals surface area contributed by atoms with Gasteiger partial charge in [-0.3, -0.25) is 9.88 Å². The summed E-state index contributed by atoms with van der Waals surface area (Å²) in [6.07, 6.45) is 3.05. The van der Waals surface area contributed by atoms with E-state index in [1.807, 2.05) is 6.08 Å². The second-order valence-electron chi connectivity index (χ2n) is 6.46. The highest BCUT2D eigenvalue weighted by atomic mass is 16.5. The summed E-state index contributed by atoms with van der Waals surface area (Å²) in [5, 5.41) is 0. The van der Waals surface area contributed by atoms with Gasteiger partial charge >= 0.3 is 0 Å². The number of hydrogen-bond donors (Lipinski definition) is 0. The number of ether oxygens (including phenoxy) is 2. The third-order valence-electron chi connectivity index (χ3n) is 4.86. The summed E-state index contributed by atoms with van der Waals surface area (Å²) in [4.78, 5) is 7.31. The van der Waals surface area contributed by atoms with Crippen molar-refractivity contribution in [2.75, 3.05) is 33.5 Å². The Bertz CT molecular complexity index is 522. The standard InChI is InChI=1S/C18H26N2O2/c1-4-13(2)17-6-5-16(14-7-8-21-10-14)18(19-17)9-20(3)15-11-22-12-15/h4-6,13-15H,1,7-12H2,2-3H3/t13?,14-/m1/s1. The van der Waals surface area contributed by atoms with Gasteiger partial charge in [0, 0.05) is 30.7 Å². The maximum atomic E-state index is 5.57. The highest BCUT2D eigenvalue weighted by Gasteiger charge is 2.26. The molecule has 22 heavy (non-hydrogen) atoms. The highest BCUT2D eigenvalue weighted by Crippen LogP contribution is 2.29. The number of rotatable bonds is 6. The van der Waals surface area contributed by atoms with E-state index < -0.39 is 0 Å². The highest BCUT2D eigenvalue weighted by molar-refractivity contribution is 5.30. The third-order valence-corrected chi connectivity index (χ3v) is 4.86. The lowest BCUT2D eigenvalue weighted by Gasteiger charge is -2.35. The Labute approximate surface area is 133 Å². The molecule has 0 saturated carbocycles. The molecule has 0 aromatic carbocycles. The molecule has 3 rings (SSSR count). The second kappa shape index (κ2) is 6.90. The van der Waals surface area contributed by atoms with Crippen LogP contribution in [0.5, 0.6) is 0 Å². The molecule has 2 aliphatic heterocycles. The minimum absolute atomic E-state index is 0.282. The van der Waals surface area contributed by atoms with E-state index >= 15 is 0 Å². The van der Waals surface area contributed by atoms with Crippen molar-refractivity contribution in [1.82, 2.24) is 9.88 Å². The first kappa shape index (κ1) is 15.7. The van der Waals surface area contributed by atoms with Crippen LogP contribution in [-0.4, -0.2) is 49.4 Å². The molecule has 0 aliphatic carbocycles. The van der Waals surface area contributed by atoms with Gasteiger partial charge in [0.25, 0.3) is 0 Å². The smallest absolute Gasteiger partial charge is 0.0645 e. The molecule has 2 aliphatic rings. The largest absolute Gasteiger partial charge is 0.381 e. The predicted molar refractivity (Wildman–Crippen MR) is 87.1 cm³/mol. The Kier molecular flexibility index (Phi) is 4.91. The molecule has 3 heterocycles. The summed E-state index contributed by atoms with van der Waals surface area (Å²) >= 11 is 0. The van der Waals surface area contributed by atoms with Crippen molar-refractivity contribution in [3.63, 3.8) is 0 Å². The Morgan fingerprint density at radius 3 is 2.77 bits per heavy atom. The summed E-state index contributed by atoms with van der Waals surface area (Å²) in [6.45, 7) is 10.3. The van der Waals surface area contributed by atoms with E-state index in [1.165, 1.54) is 11.3 Å². The maximum absolute atomic E-state index is 5.57. The average Bonchev–Trinajstić information content (AvgIpc) is 2.98. The molecule has 0 amide bonds. The van der Waals surface area contributed by atoms with Gasteiger partial charge in [0.05, 0.1) is 31.6 Å². The molecule has 0 bridgehead atoms. The first-order chi connectivity index (χ1) is 10.7. The van der Waals surface area contributed by atoms with Crippen molar-refractivity contribution in [2.45, 2.75) is 37.8 Å². The zero-order valence-electron chi connectivity index (χ0n) is 13.6. The molecule has 4 nitrogen and oxygen atoms in total. The fourth-order valence-corrected chi connectivity index (χ4v) is 3.02. The van der Waals surface area contributed by atoms with E-state index in [0.717, 1.165) is 45.1 Å². The number of pyridine rings is 1. The Balaban J connectivity index is 1.85. The summed E-state index contributed by atoms with van der Waals surface area (Å²) < 4.78 is 10.9. The van der Waals surface area contributed by atoms with E-state index in [2.05, 4.69) is 37.6 Å². The van der Waals surface area contributed by atoms with Crippen LogP contribution in [0.3, 0.4) is 0 Å². The van der Waals surface area contributed by atoms with Crippen LogP contribution in [0.1, 0.15) is 42.1 Å².